The van der Waals surface area contributed by atoms with Crippen LogP contribution in [0.25, 0.3) is 0 Å². The Morgan fingerprint density at radius 3 is 1.20 bits per heavy atom. The van der Waals surface area contributed by atoms with Crippen LogP contribution >= 0.6 is 37.3 Å². The fourth-order valence-electron chi connectivity index (χ4n) is 0.554. The van der Waals surface area contributed by atoms with Crippen LogP contribution in [0.15, 0.2) is 0 Å². The number of hydrogen-bond donors (Lipinski definition) is 5. The minimum Gasteiger partial charge on any atom is -0.487 e. The van der Waals surface area contributed by atoms with Crippen molar-refractivity contribution in [2.45, 2.75) is 37.1 Å². The molecule has 20 heavy (non-hydrogen) atoms. The Labute approximate surface area is 142 Å². The summed E-state index contributed by atoms with van der Waals surface area (Å²) in [6, 6.07) is 0. The van der Waals surface area contributed by atoms with Crippen LogP contribution in [0.5, 0.6) is 0 Å². The average Bonchev–Trinajstić information content (AvgIpc) is 2.03. The predicted molar refractivity (Wildman–Crippen MR) is 104 cm³/mol. The molecule has 0 bridgehead atoms. The third-order valence-corrected chi connectivity index (χ3v) is 1.39. The van der Waals surface area contributed by atoms with E-state index >= 15 is 0 Å². The molecular weight excluding hydrogens is 318 g/mol. The minimum atomic E-state index is -0.500. The summed E-state index contributed by atoms with van der Waals surface area (Å²) in [6.07, 6.45) is 0. The number of nitrogens with zero attached hydrogens (tertiary/aromatic N) is 1. The van der Waals surface area contributed by atoms with Gasteiger partial charge in [0.15, 0.2) is 0 Å². The van der Waals surface area contributed by atoms with E-state index in [9.17, 15) is 0 Å². The molecule has 9 heteroatoms. The van der Waals surface area contributed by atoms with Crippen molar-refractivity contribution in [2.24, 2.45) is 11.5 Å². The molecule has 0 aromatic carbocycles. The highest BCUT2D eigenvalue weighted by Gasteiger charge is 2.03. The lowest BCUT2D eigenvalue weighted by atomic mass is 10.5. The Bertz CT molecular complexity index is 173. The summed E-state index contributed by atoms with van der Waals surface area (Å²) in [7, 11) is 0. The van der Waals surface area contributed by atoms with Crippen molar-refractivity contribution in [2.75, 3.05) is 26.3 Å². The zero-order chi connectivity index (χ0) is 12.3. The number of aliphatic hydroxyl groups excluding tert-OH is 2. The van der Waals surface area contributed by atoms with Crippen LogP contribution in [0.2, 0.25) is 0 Å². The van der Waals surface area contributed by atoms with Gasteiger partial charge in [0.1, 0.15) is 0 Å². The maximum absolute atomic E-state index is 7.56. The first-order valence-corrected chi connectivity index (χ1v) is 5.06. The Morgan fingerprint density at radius 2 is 1.10 bits per heavy atom. The summed E-state index contributed by atoms with van der Waals surface area (Å²) < 4.78 is 7.01. The van der Waals surface area contributed by atoms with Crippen LogP contribution in [0, 0.1) is 0 Å². The second kappa shape index (κ2) is 31.2. The standard InChI is InChI=1S/C4H9NOS.2CH3NOS.5CH4/c7-5-1-3-6-4-2-5;2*2-1(3)4;;;;;/h7H,1-4H2;2*(H3,2,3,4);5*1H4. The number of thiol groups is 1. The van der Waals surface area contributed by atoms with Crippen LogP contribution < -0.4 is 11.5 Å². The molecule has 0 saturated carbocycles. The largest absolute Gasteiger partial charge is 0.487 e. The fraction of sp³-hybridized carbons (Fsp3) is 0.818. The number of aliphatic hydroxyl groups is 2. The van der Waals surface area contributed by atoms with Crippen molar-refractivity contribution in [1.29, 1.82) is 0 Å². The van der Waals surface area contributed by atoms with E-state index in [1.54, 1.807) is 0 Å². The van der Waals surface area contributed by atoms with Crippen LogP contribution in [-0.4, -0.2) is 51.2 Å². The maximum atomic E-state index is 7.56. The topological polar surface area (TPSA) is 105 Å². The molecule has 1 heterocycles. The summed E-state index contributed by atoms with van der Waals surface area (Å²) in [5.41, 5.74) is 8.80. The van der Waals surface area contributed by atoms with Crippen molar-refractivity contribution in [3.63, 3.8) is 0 Å². The highest BCUT2D eigenvalue weighted by molar-refractivity contribution is 7.80. The number of morpholine rings is 1. The van der Waals surface area contributed by atoms with E-state index in [2.05, 4.69) is 48.7 Å². The van der Waals surface area contributed by atoms with Gasteiger partial charge in [-0.05, 0) is 24.4 Å². The number of rotatable bonds is 0. The molecule has 6 N–H and O–H groups in total. The van der Waals surface area contributed by atoms with Gasteiger partial charge in [0.05, 0.1) is 13.2 Å². The van der Waals surface area contributed by atoms with Crippen molar-refractivity contribution >= 4 is 47.6 Å². The van der Waals surface area contributed by atoms with E-state index in [0.29, 0.717) is 0 Å². The molecule has 130 valence electrons. The van der Waals surface area contributed by atoms with E-state index in [-0.39, 0.29) is 37.1 Å². The zero-order valence-corrected chi connectivity index (χ0v) is 10.5. The Morgan fingerprint density at radius 1 is 0.900 bits per heavy atom. The van der Waals surface area contributed by atoms with Gasteiger partial charge in [-0.2, -0.15) is 0 Å². The first kappa shape index (κ1) is 42.7. The van der Waals surface area contributed by atoms with Gasteiger partial charge in [0.25, 0.3) is 10.3 Å². The van der Waals surface area contributed by atoms with E-state index in [1.165, 1.54) is 0 Å². The smallest absolute Gasteiger partial charge is 0.251 e. The summed E-state index contributed by atoms with van der Waals surface area (Å²) >= 11 is 11.9. The molecule has 0 atom stereocenters. The summed E-state index contributed by atoms with van der Waals surface area (Å²) in [5, 5.41) is 14.1. The third-order valence-electron chi connectivity index (χ3n) is 0.987. The van der Waals surface area contributed by atoms with Crippen LogP contribution in [-0.2, 0) is 4.74 Å². The molecule has 1 rings (SSSR count). The number of thiocarbonyl (C=S) groups is 2. The van der Waals surface area contributed by atoms with Crippen molar-refractivity contribution in [3.8, 4) is 0 Å². The summed E-state index contributed by atoms with van der Waals surface area (Å²) in [6.45, 7) is 3.60. The molecule has 1 aliphatic rings. The molecule has 1 fully saturated rings. The second-order valence-corrected chi connectivity index (χ2v) is 3.64. The quantitative estimate of drug-likeness (QED) is 0.334. The zero-order valence-electron chi connectivity index (χ0n) is 8.00. The Kier molecular flexibility index (Phi) is 66.6. The lowest BCUT2D eigenvalue weighted by Crippen LogP contribution is -2.28. The Balaban J connectivity index is -0.0000000237. The molecule has 0 amide bonds. The maximum Gasteiger partial charge on any atom is 0.251 e. The van der Waals surface area contributed by atoms with Gasteiger partial charge in [-0.15, -0.1) is 0 Å². The van der Waals surface area contributed by atoms with Gasteiger partial charge in [0.2, 0.25) is 0 Å². The van der Waals surface area contributed by atoms with Gasteiger partial charge in [-0.3, -0.25) is 0 Å². The van der Waals surface area contributed by atoms with E-state index in [1.807, 2.05) is 4.31 Å². The highest BCUT2D eigenvalue weighted by atomic mass is 32.1. The van der Waals surface area contributed by atoms with E-state index in [4.69, 9.17) is 14.9 Å². The molecule has 1 aliphatic heterocycles. The molecular formula is C11H35N3O3S3. The van der Waals surface area contributed by atoms with Gasteiger partial charge in [0, 0.05) is 13.1 Å². The molecule has 0 unspecified atom stereocenters. The van der Waals surface area contributed by atoms with Gasteiger partial charge in [-0.25, -0.2) is 4.31 Å². The lowest BCUT2D eigenvalue weighted by Gasteiger charge is -2.19. The number of hydrogen-bond acceptors (Lipinski definition) is 5. The predicted octanol–water partition coefficient (Wildman–Crippen LogP) is 2.92. The normalized spacial score (nSPS) is 11.2. The van der Waals surface area contributed by atoms with Crippen molar-refractivity contribution < 1.29 is 14.9 Å². The van der Waals surface area contributed by atoms with Crippen LogP contribution in [0.3, 0.4) is 0 Å². The van der Waals surface area contributed by atoms with Crippen LogP contribution in [0.4, 0.5) is 0 Å². The van der Waals surface area contributed by atoms with Crippen LogP contribution in [0.1, 0.15) is 37.1 Å². The number of nitrogens with two attached hydrogens (primary N) is 2. The SMILES string of the molecule is C.C.C.C.C.NC(O)=S.NC(O)=S.SN1CCOCC1. The van der Waals surface area contributed by atoms with Gasteiger partial charge < -0.3 is 26.4 Å². The molecule has 0 aromatic heterocycles. The van der Waals surface area contributed by atoms with E-state index < -0.39 is 10.3 Å². The Hall–Kier alpha value is -0.350. The van der Waals surface area contributed by atoms with E-state index in [0.717, 1.165) is 26.3 Å². The molecule has 0 aromatic rings. The summed E-state index contributed by atoms with van der Waals surface area (Å²) in [4.78, 5) is 0. The van der Waals surface area contributed by atoms with Crippen molar-refractivity contribution in [3.05, 3.63) is 0 Å². The summed E-state index contributed by atoms with van der Waals surface area (Å²) in [5.74, 6) is 0. The molecule has 0 aliphatic carbocycles. The highest BCUT2D eigenvalue weighted by Crippen LogP contribution is 1.97. The number of ether oxygens (including phenoxy) is 1. The second-order valence-electron chi connectivity index (χ2n) is 2.24. The first-order chi connectivity index (χ1) is 6.86. The molecule has 0 radical (unpaired) electrons. The minimum absolute atomic E-state index is 0. The fourth-order valence-corrected chi connectivity index (χ4v) is 0.717. The average molecular weight is 354 g/mol. The lowest BCUT2D eigenvalue weighted by molar-refractivity contribution is 0.0781. The first-order valence-electron chi connectivity index (χ1n) is 3.84. The molecule has 6 nitrogen and oxygen atoms in total. The van der Waals surface area contributed by atoms with Crippen molar-refractivity contribution in [1.82, 2.24) is 4.31 Å². The monoisotopic (exact) mass is 353 g/mol. The third kappa shape index (κ3) is 83.6. The van der Waals surface area contributed by atoms with Gasteiger partial charge in [-0.1, -0.05) is 49.9 Å². The molecule has 0 spiro atoms. The molecule has 1 saturated heterocycles. The van der Waals surface area contributed by atoms with Gasteiger partial charge >= 0.3 is 0 Å².